The first-order valence-corrected chi connectivity index (χ1v) is 11.2. The minimum absolute atomic E-state index is 0.109. The summed E-state index contributed by atoms with van der Waals surface area (Å²) in [6.07, 6.45) is 3.72. The molecule has 8 heteroatoms. The minimum Gasteiger partial charge on any atom is -0.497 e. The second kappa shape index (κ2) is 9.84. The van der Waals surface area contributed by atoms with Crippen molar-refractivity contribution in [1.29, 1.82) is 0 Å². The first-order valence-electron chi connectivity index (χ1n) is 11.2. The van der Waals surface area contributed by atoms with E-state index < -0.39 is 0 Å². The van der Waals surface area contributed by atoms with E-state index in [1.807, 2.05) is 12.1 Å². The van der Waals surface area contributed by atoms with Crippen LogP contribution in [0.3, 0.4) is 0 Å². The van der Waals surface area contributed by atoms with Crippen LogP contribution in [-0.2, 0) is 6.54 Å². The third-order valence-electron chi connectivity index (χ3n) is 5.93. The van der Waals surface area contributed by atoms with Gasteiger partial charge in [0.2, 0.25) is 11.7 Å². The van der Waals surface area contributed by atoms with E-state index in [9.17, 15) is 4.79 Å². The van der Waals surface area contributed by atoms with E-state index in [-0.39, 0.29) is 11.9 Å². The lowest BCUT2D eigenvalue weighted by atomic mass is 10.2. The number of rotatable bonds is 7. The normalized spacial score (nSPS) is 15.9. The Bertz CT molecular complexity index is 1240. The largest absolute Gasteiger partial charge is 0.497 e. The maximum atomic E-state index is 12.4. The van der Waals surface area contributed by atoms with E-state index >= 15 is 0 Å². The summed E-state index contributed by atoms with van der Waals surface area (Å²) in [5.74, 6) is 2.00. The Morgan fingerprint density at radius 1 is 1.12 bits per heavy atom. The zero-order valence-corrected chi connectivity index (χ0v) is 18.8. The smallest absolute Gasteiger partial charge is 0.256 e. The molecule has 2 aromatic carbocycles. The number of methoxy groups -OCH3 is 1. The number of carbonyl (C=O) groups is 1. The SMILES string of the molecule is COc1ccc(C(=O)Nc2ccc(-c3noc([C@@H]4CCCN4Cc4ccccc4)n3)cn2)cc1. The van der Waals surface area contributed by atoms with Gasteiger partial charge in [0.15, 0.2) is 0 Å². The van der Waals surface area contributed by atoms with Crippen molar-refractivity contribution in [3.8, 4) is 17.1 Å². The number of hydrogen-bond acceptors (Lipinski definition) is 7. The van der Waals surface area contributed by atoms with Crippen LogP contribution in [0.25, 0.3) is 11.4 Å². The Labute approximate surface area is 197 Å². The van der Waals surface area contributed by atoms with Crippen LogP contribution in [0.4, 0.5) is 5.82 Å². The van der Waals surface area contributed by atoms with E-state index in [1.165, 1.54) is 5.56 Å². The molecule has 5 rings (SSSR count). The molecular formula is C26H25N5O3. The van der Waals surface area contributed by atoms with Gasteiger partial charge in [0, 0.05) is 23.9 Å². The van der Waals surface area contributed by atoms with Gasteiger partial charge in [-0.3, -0.25) is 9.69 Å². The summed E-state index contributed by atoms with van der Waals surface area (Å²) >= 11 is 0. The van der Waals surface area contributed by atoms with Crippen molar-refractivity contribution >= 4 is 11.7 Å². The van der Waals surface area contributed by atoms with Gasteiger partial charge >= 0.3 is 0 Å². The second-order valence-electron chi connectivity index (χ2n) is 8.19. The number of benzene rings is 2. The maximum Gasteiger partial charge on any atom is 0.256 e. The minimum atomic E-state index is -0.246. The van der Waals surface area contributed by atoms with Crippen molar-refractivity contribution in [2.24, 2.45) is 0 Å². The van der Waals surface area contributed by atoms with Gasteiger partial charge in [-0.05, 0) is 61.3 Å². The van der Waals surface area contributed by atoms with Gasteiger partial charge in [-0.2, -0.15) is 4.98 Å². The number of amides is 1. The molecule has 0 unspecified atom stereocenters. The lowest BCUT2D eigenvalue weighted by Crippen LogP contribution is -2.22. The number of pyridine rings is 1. The predicted molar refractivity (Wildman–Crippen MR) is 127 cm³/mol. The fraction of sp³-hybridized carbons (Fsp3) is 0.231. The molecule has 1 saturated heterocycles. The maximum absolute atomic E-state index is 12.4. The fourth-order valence-electron chi connectivity index (χ4n) is 4.13. The Hall–Kier alpha value is -4.04. The standard InChI is InChI=1S/C26H25N5O3/c1-33-21-12-9-19(10-13-21)25(32)28-23-14-11-20(16-27-23)24-29-26(34-30-24)22-8-5-15-31(22)17-18-6-3-2-4-7-18/h2-4,6-7,9-14,16,22H,5,8,15,17H2,1H3,(H,27,28,32)/t22-/m0/s1. The van der Waals surface area contributed by atoms with Gasteiger partial charge in [-0.15, -0.1) is 0 Å². The van der Waals surface area contributed by atoms with Crippen molar-refractivity contribution in [3.63, 3.8) is 0 Å². The lowest BCUT2D eigenvalue weighted by Gasteiger charge is -2.21. The summed E-state index contributed by atoms with van der Waals surface area (Å²) in [6, 6.07) is 21.0. The number of nitrogens with zero attached hydrogens (tertiary/aromatic N) is 4. The van der Waals surface area contributed by atoms with Crippen LogP contribution in [0.15, 0.2) is 77.4 Å². The molecule has 4 aromatic rings. The summed E-state index contributed by atoms with van der Waals surface area (Å²) in [5, 5.41) is 6.97. The quantitative estimate of drug-likeness (QED) is 0.431. The molecule has 2 aromatic heterocycles. The number of carbonyl (C=O) groups excluding carboxylic acids is 1. The van der Waals surface area contributed by atoms with Gasteiger partial charge < -0.3 is 14.6 Å². The Morgan fingerprint density at radius 3 is 2.68 bits per heavy atom. The molecule has 0 bridgehead atoms. The van der Waals surface area contributed by atoms with Crippen molar-refractivity contribution in [2.45, 2.75) is 25.4 Å². The molecule has 8 nitrogen and oxygen atoms in total. The molecule has 0 saturated carbocycles. The summed E-state index contributed by atoms with van der Waals surface area (Å²) in [4.78, 5) is 23.8. The zero-order chi connectivity index (χ0) is 23.3. The molecule has 1 aliphatic rings. The van der Waals surface area contributed by atoms with Crippen molar-refractivity contribution < 1.29 is 14.1 Å². The Kier molecular flexibility index (Phi) is 6.31. The highest BCUT2D eigenvalue weighted by molar-refractivity contribution is 6.03. The highest BCUT2D eigenvalue weighted by atomic mass is 16.5. The molecule has 34 heavy (non-hydrogen) atoms. The summed E-state index contributed by atoms with van der Waals surface area (Å²) in [5.41, 5.74) is 2.52. The van der Waals surface area contributed by atoms with Crippen LogP contribution < -0.4 is 10.1 Å². The van der Waals surface area contributed by atoms with Crippen LogP contribution in [0.5, 0.6) is 5.75 Å². The van der Waals surface area contributed by atoms with Gasteiger partial charge in [0.05, 0.1) is 13.2 Å². The van der Waals surface area contributed by atoms with Crippen LogP contribution >= 0.6 is 0 Å². The van der Waals surface area contributed by atoms with Crippen LogP contribution in [0.1, 0.15) is 40.7 Å². The number of hydrogen-bond donors (Lipinski definition) is 1. The lowest BCUT2D eigenvalue weighted by molar-refractivity contribution is 0.102. The summed E-state index contributed by atoms with van der Waals surface area (Å²) in [6.45, 7) is 1.86. The highest BCUT2D eigenvalue weighted by Crippen LogP contribution is 2.33. The monoisotopic (exact) mass is 455 g/mol. The molecule has 1 fully saturated rings. The first-order chi connectivity index (χ1) is 16.7. The van der Waals surface area contributed by atoms with E-state index in [2.05, 4.69) is 49.6 Å². The first kappa shape index (κ1) is 21.8. The molecule has 0 spiro atoms. The molecule has 1 aliphatic heterocycles. The van der Waals surface area contributed by atoms with E-state index in [0.717, 1.165) is 31.5 Å². The molecule has 1 amide bonds. The van der Waals surface area contributed by atoms with E-state index in [1.54, 1.807) is 43.6 Å². The van der Waals surface area contributed by atoms with Crippen LogP contribution in [0, 0.1) is 0 Å². The average Bonchev–Trinajstić information content (AvgIpc) is 3.55. The van der Waals surface area contributed by atoms with Crippen molar-refractivity contribution in [1.82, 2.24) is 20.0 Å². The molecule has 0 aliphatic carbocycles. The molecular weight excluding hydrogens is 430 g/mol. The van der Waals surface area contributed by atoms with Crippen molar-refractivity contribution in [2.75, 3.05) is 19.0 Å². The van der Waals surface area contributed by atoms with E-state index in [0.29, 0.717) is 28.8 Å². The molecule has 1 atom stereocenters. The van der Waals surface area contributed by atoms with Crippen molar-refractivity contribution in [3.05, 3.63) is 89.9 Å². The second-order valence-corrected chi connectivity index (χ2v) is 8.19. The molecule has 172 valence electrons. The molecule has 0 radical (unpaired) electrons. The van der Waals surface area contributed by atoms with Gasteiger partial charge in [0.1, 0.15) is 11.6 Å². The van der Waals surface area contributed by atoms with Crippen LogP contribution in [-0.4, -0.2) is 39.6 Å². The highest BCUT2D eigenvalue weighted by Gasteiger charge is 2.30. The topological polar surface area (TPSA) is 93.4 Å². The Balaban J connectivity index is 1.24. The van der Waals surface area contributed by atoms with Gasteiger partial charge in [0.25, 0.3) is 5.91 Å². The number of nitrogens with one attached hydrogen (secondary N) is 1. The number of anilines is 1. The van der Waals surface area contributed by atoms with E-state index in [4.69, 9.17) is 9.26 Å². The van der Waals surface area contributed by atoms with Gasteiger partial charge in [-0.25, -0.2) is 4.98 Å². The number of ether oxygens (including phenoxy) is 1. The molecule has 3 heterocycles. The van der Waals surface area contributed by atoms with Gasteiger partial charge in [-0.1, -0.05) is 35.5 Å². The Morgan fingerprint density at radius 2 is 1.94 bits per heavy atom. The number of likely N-dealkylation sites (tertiary alicyclic amines) is 1. The fourth-order valence-corrected chi connectivity index (χ4v) is 4.13. The molecule has 1 N–H and O–H groups in total. The number of aromatic nitrogens is 3. The average molecular weight is 456 g/mol. The van der Waals surface area contributed by atoms with Crippen LogP contribution in [0.2, 0.25) is 0 Å². The third-order valence-corrected chi connectivity index (χ3v) is 5.93. The zero-order valence-electron chi connectivity index (χ0n) is 18.8. The summed E-state index contributed by atoms with van der Waals surface area (Å²) in [7, 11) is 1.59. The predicted octanol–water partition coefficient (Wildman–Crippen LogP) is 4.73. The summed E-state index contributed by atoms with van der Waals surface area (Å²) < 4.78 is 10.8. The third kappa shape index (κ3) is 4.82.